The molecular weight excluding hydrogens is 549 g/mol. The highest BCUT2D eigenvalue weighted by atomic mass is 32.2. The SMILES string of the molecule is Cc1cc(/C=N\NC(=O)c2ccc([C@H]3SCC(=O)N3Cc3ccccc3)cc2)c(C)n1-c1ccccc1C(F)(F)F. The number of para-hydroxylation sites is 1. The van der Waals surface area contributed by atoms with Gasteiger partial charge in [0.15, 0.2) is 0 Å². The van der Waals surface area contributed by atoms with Crippen molar-refractivity contribution in [2.24, 2.45) is 5.10 Å². The number of amides is 2. The van der Waals surface area contributed by atoms with Gasteiger partial charge < -0.3 is 9.47 Å². The summed E-state index contributed by atoms with van der Waals surface area (Å²) in [5.74, 6) is 0.0400. The minimum atomic E-state index is -4.50. The summed E-state index contributed by atoms with van der Waals surface area (Å²) in [7, 11) is 0. The van der Waals surface area contributed by atoms with E-state index in [0.29, 0.717) is 34.8 Å². The van der Waals surface area contributed by atoms with Crippen molar-refractivity contribution in [2.75, 3.05) is 5.75 Å². The summed E-state index contributed by atoms with van der Waals surface area (Å²) in [6, 6.07) is 23.9. The third kappa shape index (κ3) is 6.07. The van der Waals surface area contributed by atoms with Gasteiger partial charge in [-0.05, 0) is 55.3 Å². The van der Waals surface area contributed by atoms with Gasteiger partial charge in [-0.2, -0.15) is 18.3 Å². The Morgan fingerprint density at radius 2 is 1.71 bits per heavy atom. The summed E-state index contributed by atoms with van der Waals surface area (Å²) in [6.45, 7) is 3.93. The van der Waals surface area contributed by atoms with E-state index in [0.717, 1.165) is 17.2 Å². The third-order valence-corrected chi connectivity index (χ3v) is 8.17. The Bertz CT molecular complexity index is 1600. The van der Waals surface area contributed by atoms with Crippen molar-refractivity contribution in [3.63, 3.8) is 0 Å². The molecule has 2 heterocycles. The molecule has 6 nitrogen and oxygen atoms in total. The van der Waals surface area contributed by atoms with Crippen molar-refractivity contribution in [3.05, 3.63) is 124 Å². The summed E-state index contributed by atoms with van der Waals surface area (Å²) in [6.07, 6.45) is -3.08. The molecule has 5 rings (SSSR count). The number of benzene rings is 3. The van der Waals surface area contributed by atoms with Crippen LogP contribution in [0.15, 0.2) is 90.0 Å². The van der Waals surface area contributed by atoms with Crippen molar-refractivity contribution in [3.8, 4) is 5.69 Å². The van der Waals surface area contributed by atoms with E-state index in [4.69, 9.17) is 0 Å². The lowest BCUT2D eigenvalue weighted by molar-refractivity contribution is -0.137. The highest BCUT2D eigenvalue weighted by Crippen LogP contribution is 2.39. The zero-order valence-electron chi connectivity index (χ0n) is 22.4. The van der Waals surface area contributed by atoms with Crippen LogP contribution in [0.1, 0.15) is 49.4 Å². The van der Waals surface area contributed by atoms with Gasteiger partial charge in [-0.15, -0.1) is 11.8 Å². The second-order valence-electron chi connectivity index (χ2n) is 9.67. The van der Waals surface area contributed by atoms with Gasteiger partial charge in [-0.1, -0.05) is 54.6 Å². The van der Waals surface area contributed by atoms with E-state index in [-0.39, 0.29) is 17.0 Å². The summed E-state index contributed by atoms with van der Waals surface area (Å²) in [5, 5.41) is 3.91. The average molecular weight is 577 g/mol. The zero-order chi connectivity index (χ0) is 29.1. The fraction of sp³-hybridized carbons (Fsp3) is 0.194. The van der Waals surface area contributed by atoms with Gasteiger partial charge in [0.1, 0.15) is 5.37 Å². The van der Waals surface area contributed by atoms with Crippen molar-refractivity contribution in [1.29, 1.82) is 0 Å². The van der Waals surface area contributed by atoms with Crippen molar-refractivity contribution < 1.29 is 22.8 Å². The highest BCUT2D eigenvalue weighted by molar-refractivity contribution is 8.00. The van der Waals surface area contributed by atoms with E-state index in [1.54, 1.807) is 49.9 Å². The number of hydrogen-bond donors (Lipinski definition) is 1. The van der Waals surface area contributed by atoms with Crippen LogP contribution in [-0.4, -0.2) is 33.2 Å². The fourth-order valence-electron chi connectivity index (χ4n) is 4.90. The smallest absolute Gasteiger partial charge is 0.322 e. The molecule has 0 unspecified atom stereocenters. The highest BCUT2D eigenvalue weighted by Gasteiger charge is 2.34. The predicted octanol–water partition coefficient (Wildman–Crippen LogP) is 6.65. The minimum absolute atomic E-state index is 0.0308. The van der Waals surface area contributed by atoms with E-state index < -0.39 is 17.6 Å². The van der Waals surface area contributed by atoms with Crippen LogP contribution in [0, 0.1) is 13.8 Å². The van der Waals surface area contributed by atoms with E-state index in [9.17, 15) is 22.8 Å². The molecule has 210 valence electrons. The molecule has 10 heteroatoms. The largest absolute Gasteiger partial charge is 0.418 e. The minimum Gasteiger partial charge on any atom is -0.322 e. The molecule has 1 aliphatic rings. The van der Waals surface area contributed by atoms with Gasteiger partial charge in [0, 0.05) is 29.1 Å². The summed E-state index contributed by atoms with van der Waals surface area (Å²) >= 11 is 1.55. The number of thioether (sulfide) groups is 1. The third-order valence-electron chi connectivity index (χ3n) is 6.91. The van der Waals surface area contributed by atoms with Crippen molar-refractivity contribution in [2.45, 2.75) is 31.9 Å². The lowest BCUT2D eigenvalue weighted by atomic mass is 10.1. The van der Waals surface area contributed by atoms with Gasteiger partial charge in [0.25, 0.3) is 5.91 Å². The summed E-state index contributed by atoms with van der Waals surface area (Å²) in [5.41, 5.74) is 5.89. The van der Waals surface area contributed by atoms with Gasteiger partial charge in [0.2, 0.25) is 5.91 Å². The molecule has 2 amide bonds. The molecule has 1 N–H and O–H groups in total. The van der Waals surface area contributed by atoms with Gasteiger partial charge in [-0.25, -0.2) is 5.43 Å². The first-order chi connectivity index (χ1) is 19.6. The first kappa shape index (κ1) is 28.2. The molecule has 0 spiro atoms. The van der Waals surface area contributed by atoms with E-state index in [1.807, 2.05) is 47.4 Å². The van der Waals surface area contributed by atoms with Crippen LogP contribution in [0.5, 0.6) is 0 Å². The van der Waals surface area contributed by atoms with Gasteiger partial charge >= 0.3 is 6.18 Å². The van der Waals surface area contributed by atoms with Crippen LogP contribution < -0.4 is 5.43 Å². The summed E-state index contributed by atoms with van der Waals surface area (Å²) < 4.78 is 42.3. The van der Waals surface area contributed by atoms with Crippen LogP contribution in [-0.2, 0) is 17.5 Å². The standard InChI is InChI=1S/C31H27F3N4O2S/c1-20-16-25(21(2)38(20)27-11-7-6-10-26(27)31(32,33)34)17-35-36-29(40)23-12-14-24(15-13-23)30-37(28(39)19-41-30)18-22-8-4-3-5-9-22/h3-17,30H,18-19H2,1-2H3,(H,36,40)/b35-17-/t30-/m1/s1. The second-order valence-corrected chi connectivity index (χ2v) is 10.7. The molecule has 1 aliphatic heterocycles. The average Bonchev–Trinajstić information content (AvgIpc) is 3.46. The second kappa shape index (κ2) is 11.7. The maximum atomic E-state index is 13.6. The maximum absolute atomic E-state index is 13.6. The van der Waals surface area contributed by atoms with Crippen LogP contribution in [0.3, 0.4) is 0 Å². The number of nitrogens with zero attached hydrogens (tertiary/aromatic N) is 3. The number of aromatic nitrogens is 1. The Labute approximate surface area is 239 Å². The number of halogens is 3. The monoisotopic (exact) mass is 576 g/mol. The van der Waals surface area contributed by atoms with Crippen LogP contribution in [0.25, 0.3) is 5.69 Å². The number of rotatable bonds is 7. The normalized spacial score (nSPS) is 15.6. The van der Waals surface area contributed by atoms with Crippen molar-refractivity contribution in [1.82, 2.24) is 14.9 Å². The van der Waals surface area contributed by atoms with E-state index in [1.165, 1.54) is 22.9 Å². The Morgan fingerprint density at radius 3 is 2.41 bits per heavy atom. The van der Waals surface area contributed by atoms with E-state index in [2.05, 4.69) is 10.5 Å². The Balaban J connectivity index is 1.27. The van der Waals surface area contributed by atoms with Crippen LogP contribution in [0.4, 0.5) is 13.2 Å². The van der Waals surface area contributed by atoms with Gasteiger partial charge in [-0.3, -0.25) is 9.59 Å². The molecule has 0 saturated carbocycles. The number of carbonyl (C=O) groups excluding carboxylic acids is 2. The fourth-order valence-corrected chi connectivity index (χ4v) is 6.09. The summed E-state index contributed by atoms with van der Waals surface area (Å²) in [4.78, 5) is 27.1. The molecule has 0 aliphatic carbocycles. The number of alkyl halides is 3. The first-order valence-electron chi connectivity index (χ1n) is 12.9. The van der Waals surface area contributed by atoms with Crippen LogP contribution in [0.2, 0.25) is 0 Å². The molecule has 3 aromatic carbocycles. The first-order valence-corrected chi connectivity index (χ1v) is 13.9. The molecule has 1 saturated heterocycles. The van der Waals surface area contributed by atoms with Crippen molar-refractivity contribution >= 4 is 29.8 Å². The lowest BCUT2D eigenvalue weighted by Crippen LogP contribution is -2.27. The van der Waals surface area contributed by atoms with Crippen LogP contribution >= 0.6 is 11.8 Å². The Morgan fingerprint density at radius 1 is 1.02 bits per heavy atom. The number of nitrogens with one attached hydrogen (secondary N) is 1. The predicted molar refractivity (Wildman–Crippen MR) is 154 cm³/mol. The zero-order valence-corrected chi connectivity index (χ0v) is 23.2. The topological polar surface area (TPSA) is 66.7 Å². The number of aryl methyl sites for hydroxylation is 1. The number of hydrazone groups is 1. The molecule has 4 aromatic rings. The molecule has 1 aromatic heterocycles. The number of hydrogen-bond acceptors (Lipinski definition) is 4. The molecule has 0 bridgehead atoms. The Hall–Kier alpha value is -4.31. The molecule has 41 heavy (non-hydrogen) atoms. The lowest BCUT2D eigenvalue weighted by Gasteiger charge is -2.24. The molecular formula is C31H27F3N4O2S. The van der Waals surface area contributed by atoms with E-state index >= 15 is 0 Å². The maximum Gasteiger partial charge on any atom is 0.418 e. The number of carbonyl (C=O) groups is 2. The molecule has 1 fully saturated rings. The van der Waals surface area contributed by atoms with Gasteiger partial charge in [0.05, 0.1) is 23.2 Å². The molecule has 1 atom stereocenters. The quantitative estimate of drug-likeness (QED) is 0.198. The Kier molecular flexibility index (Phi) is 8.03. The molecule has 0 radical (unpaired) electrons.